The largest absolute Gasteiger partial charge is 0.329 e. The van der Waals surface area contributed by atoms with Crippen LogP contribution in [0.4, 0.5) is 0 Å². The predicted molar refractivity (Wildman–Crippen MR) is 80.2 cm³/mol. The van der Waals surface area contributed by atoms with Gasteiger partial charge < -0.3 is 10.6 Å². The Hall–Kier alpha value is -0.120. The SMILES string of the molecule is CN1CCCC(CN)(N2CCCC3CCCC32)CC1. The Labute approximate surface area is 118 Å². The van der Waals surface area contributed by atoms with Gasteiger partial charge in [-0.15, -0.1) is 0 Å². The van der Waals surface area contributed by atoms with Gasteiger partial charge >= 0.3 is 0 Å². The molecule has 0 aromatic carbocycles. The normalized spacial score (nSPS) is 42.0. The monoisotopic (exact) mass is 265 g/mol. The number of nitrogens with two attached hydrogens (primary N) is 1. The Bertz CT molecular complexity index is 306. The zero-order chi connectivity index (χ0) is 13.3. The van der Waals surface area contributed by atoms with E-state index in [4.69, 9.17) is 5.73 Å². The maximum atomic E-state index is 6.31. The van der Waals surface area contributed by atoms with Crippen molar-refractivity contribution in [2.75, 3.05) is 33.2 Å². The fraction of sp³-hybridized carbons (Fsp3) is 1.00. The lowest BCUT2D eigenvalue weighted by Crippen LogP contribution is -2.60. The fourth-order valence-electron chi connectivity index (χ4n) is 4.97. The van der Waals surface area contributed by atoms with E-state index in [-0.39, 0.29) is 0 Å². The first kappa shape index (κ1) is 13.8. The number of nitrogens with zero attached hydrogens (tertiary/aromatic N) is 2. The van der Waals surface area contributed by atoms with Gasteiger partial charge in [0.2, 0.25) is 0 Å². The van der Waals surface area contributed by atoms with Crippen LogP contribution in [0.1, 0.15) is 51.4 Å². The average molecular weight is 265 g/mol. The first-order valence-electron chi connectivity index (χ1n) is 8.40. The van der Waals surface area contributed by atoms with Crippen LogP contribution in [-0.4, -0.2) is 54.6 Å². The molecule has 3 atom stereocenters. The molecule has 3 heteroatoms. The average Bonchev–Trinajstić information content (AvgIpc) is 2.83. The zero-order valence-corrected chi connectivity index (χ0v) is 12.6. The maximum absolute atomic E-state index is 6.31. The quantitative estimate of drug-likeness (QED) is 0.829. The summed E-state index contributed by atoms with van der Waals surface area (Å²) in [6, 6.07) is 0.862. The highest BCUT2D eigenvalue weighted by Crippen LogP contribution is 2.42. The van der Waals surface area contributed by atoms with Gasteiger partial charge in [-0.3, -0.25) is 4.90 Å². The Balaban J connectivity index is 1.79. The third-order valence-electron chi connectivity index (χ3n) is 6.12. The Kier molecular flexibility index (Phi) is 4.16. The van der Waals surface area contributed by atoms with Crippen LogP contribution in [0.3, 0.4) is 0 Å². The van der Waals surface area contributed by atoms with Gasteiger partial charge in [-0.2, -0.15) is 0 Å². The summed E-state index contributed by atoms with van der Waals surface area (Å²) >= 11 is 0. The molecule has 3 nitrogen and oxygen atoms in total. The third-order valence-corrected chi connectivity index (χ3v) is 6.12. The van der Waals surface area contributed by atoms with E-state index in [1.807, 2.05) is 0 Å². The molecule has 1 saturated carbocycles. The van der Waals surface area contributed by atoms with Crippen molar-refractivity contribution in [3.8, 4) is 0 Å². The fourth-order valence-corrected chi connectivity index (χ4v) is 4.97. The van der Waals surface area contributed by atoms with E-state index in [9.17, 15) is 0 Å². The van der Waals surface area contributed by atoms with Crippen LogP contribution in [0.25, 0.3) is 0 Å². The molecule has 0 aromatic heterocycles. The highest BCUT2D eigenvalue weighted by Gasteiger charge is 2.45. The summed E-state index contributed by atoms with van der Waals surface area (Å²) in [5.41, 5.74) is 6.62. The second kappa shape index (κ2) is 5.71. The lowest BCUT2D eigenvalue weighted by atomic mass is 9.81. The summed E-state index contributed by atoms with van der Waals surface area (Å²) < 4.78 is 0. The van der Waals surface area contributed by atoms with Crippen LogP contribution in [0.15, 0.2) is 0 Å². The van der Waals surface area contributed by atoms with Crippen molar-refractivity contribution in [2.24, 2.45) is 11.7 Å². The van der Waals surface area contributed by atoms with Gasteiger partial charge in [0.15, 0.2) is 0 Å². The number of hydrogen-bond donors (Lipinski definition) is 1. The summed E-state index contributed by atoms with van der Waals surface area (Å²) in [7, 11) is 2.27. The van der Waals surface area contributed by atoms with E-state index in [2.05, 4.69) is 16.8 Å². The van der Waals surface area contributed by atoms with Crippen molar-refractivity contribution < 1.29 is 0 Å². The Morgan fingerprint density at radius 1 is 1.00 bits per heavy atom. The lowest BCUT2D eigenvalue weighted by Gasteiger charge is -2.50. The smallest absolute Gasteiger partial charge is 0.0347 e. The van der Waals surface area contributed by atoms with E-state index >= 15 is 0 Å². The number of hydrogen-bond acceptors (Lipinski definition) is 3. The molecule has 0 amide bonds. The minimum absolute atomic E-state index is 0.318. The molecular formula is C16H31N3. The number of likely N-dealkylation sites (tertiary alicyclic amines) is 2. The number of fused-ring (bicyclic) bond motifs is 1. The molecule has 19 heavy (non-hydrogen) atoms. The maximum Gasteiger partial charge on any atom is 0.0347 e. The summed E-state index contributed by atoms with van der Waals surface area (Å²) in [6.07, 6.45) is 11.2. The highest BCUT2D eigenvalue weighted by atomic mass is 15.3. The van der Waals surface area contributed by atoms with Crippen LogP contribution in [0.2, 0.25) is 0 Å². The summed E-state index contributed by atoms with van der Waals surface area (Å²) in [5, 5.41) is 0. The van der Waals surface area contributed by atoms with E-state index < -0.39 is 0 Å². The first-order chi connectivity index (χ1) is 9.25. The third kappa shape index (κ3) is 2.57. The Morgan fingerprint density at radius 3 is 2.68 bits per heavy atom. The first-order valence-corrected chi connectivity index (χ1v) is 8.40. The molecule has 3 rings (SSSR count). The molecule has 0 spiro atoms. The standard InChI is InChI=1S/C16H31N3/c1-18-10-4-8-16(13-17,9-12-18)19-11-3-6-14-5-2-7-15(14)19/h14-15H,2-13,17H2,1H3. The van der Waals surface area contributed by atoms with Gasteiger partial charge in [0.1, 0.15) is 0 Å². The molecule has 2 saturated heterocycles. The second-order valence-corrected chi connectivity index (χ2v) is 7.18. The number of piperidine rings is 1. The van der Waals surface area contributed by atoms with Crippen molar-refractivity contribution >= 4 is 0 Å². The van der Waals surface area contributed by atoms with Crippen LogP contribution >= 0.6 is 0 Å². The van der Waals surface area contributed by atoms with Crippen molar-refractivity contribution in [3.05, 3.63) is 0 Å². The number of rotatable bonds is 2. The van der Waals surface area contributed by atoms with Crippen molar-refractivity contribution in [1.29, 1.82) is 0 Å². The summed E-state index contributed by atoms with van der Waals surface area (Å²) in [5.74, 6) is 0.984. The summed E-state index contributed by atoms with van der Waals surface area (Å²) in [6.45, 7) is 4.65. The van der Waals surface area contributed by atoms with E-state index in [1.54, 1.807) is 0 Å². The van der Waals surface area contributed by atoms with E-state index in [0.717, 1.165) is 18.5 Å². The molecular weight excluding hydrogens is 234 g/mol. The van der Waals surface area contributed by atoms with Crippen LogP contribution < -0.4 is 5.73 Å². The minimum Gasteiger partial charge on any atom is -0.329 e. The van der Waals surface area contributed by atoms with E-state index in [1.165, 1.54) is 71.0 Å². The summed E-state index contributed by atoms with van der Waals surface area (Å²) in [4.78, 5) is 5.38. The molecule has 3 unspecified atom stereocenters. The van der Waals surface area contributed by atoms with Gasteiger partial charge in [-0.25, -0.2) is 0 Å². The van der Waals surface area contributed by atoms with Gasteiger partial charge in [0.25, 0.3) is 0 Å². The molecule has 110 valence electrons. The van der Waals surface area contributed by atoms with E-state index in [0.29, 0.717) is 5.54 Å². The Morgan fingerprint density at radius 2 is 1.84 bits per heavy atom. The van der Waals surface area contributed by atoms with Crippen LogP contribution in [0.5, 0.6) is 0 Å². The molecule has 0 bridgehead atoms. The van der Waals surface area contributed by atoms with Gasteiger partial charge in [0.05, 0.1) is 0 Å². The second-order valence-electron chi connectivity index (χ2n) is 7.18. The lowest BCUT2D eigenvalue weighted by molar-refractivity contribution is -0.00523. The van der Waals surface area contributed by atoms with Crippen molar-refractivity contribution in [1.82, 2.24) is 9.80 Å². The molecule has 0 radical (unpaired) electrons. The molecule has 0 aromatic rings. The predicted octanol–water partition coefficient (Wildman–Crippen LogP) is 2.06. The molecule has 3 fully saturated rings. The molecule has 1 aliphatic carbocycles. The molecule has 2 aliphatic heterocycles. The van der Waals surface area contributed by atoms with Crippen molar-refractivity contribution in [3.63, 3.8) is 0 Å². The molecule has 3 aliphatic rings. The highest BCUT2D eigenvalue weighted by molar-refractivity contribution is 5.01. The molecule has 2 heterocycles. The van der Waals surface area contributed by atoms with Gasteiger partial charge in [-0.1, -0.05) is 6.42 Å². The van der Waals surface area contributed by atoms with Crippen LogP contribution in [0, 0.1) is 5.92 Å². The topological polar surface area (TPSA) is 32.5 Å². The van der Waals surface area contributed by atoms with Gasteiger partial charge in [0, 0.05) is 18.1 Å². The van der Waals surface area contributed by atoms with Crippen molar-refractivity contribution in [2.45, 2.75) is 62.9 Å². The van der Waals surface area contributed by atoms with Gasteiger partial charge in [-0.05, 0) is 77.5 Å². The molecule has 2 N–H and O–H groups in total. The zero-order valence-electron chi connectivity index (χ0n) is 12.6. The van der Waals surface area contributed by atoms with Crippen LogP contribution in [-0.2, 0) is 0 Å². The minimum atomic E-state index is 0.318.